The predicted octanol–water partition coefficient (Wildman–Crippen LogP) is 6.17. The van der Waals surface area contributed by atoms with Crippen molar-refractivity contribution in [2.45, 2.75) is 89.7 Å². The Balaban J connectivity index is 2.34. The monoisotopic (exact) mass is 360 g/mol. The summed E-state index contributed by atoms with van der Waals surface area (Å²) in [7, 11) is 1.71. The average molecular weight is 360 g/mol. The predicted molar refractivity (Wildman–Crippen MR) is 111 cm³/mol. The molecule has 0 heterocycles. The van der Waals surface area contributed by atoms with Crippen LogP contribution in [0.25, 0.3) is 0 Å². The van der Waals surface area contributed by atoms with Crippen molar-refractivity contribution in [2.75, 3.05) is 7.11 Å². The van der Waals surface area contributed by atoms with Crippen LogP contribution in [0.1, 0.15) is 83.1 Å². The number of hydrogen-bond acceptors (Lipinski definition) is 2. The van der Waals surface area contributed by atoms with Gasteiger partial charge in [-0.25, -0.2) is 0 Å². The Labute approximate surface area is 160 Å². The van der Waals surface area contributed by atoms with Crippen LogP contribution in [0.2, 0.25) is 5.82 Å². The fourth-order valence-corrected chi connectivity index (χ4v) is 3.65. The molecule has 0 spiro atoms. The molecule has 1 N–H and O–H groups in total. The highest BCUT2D eigenvalue weighted by molar-refractivity contribution is 6.53. The molecular formula is C22H37BO3. The molecule has 1 aromatic carbocycles. The third-order valence-electron chi connectivity index (χ3n) is 5.22. The molecule has 0 aliphatic heterocycles. The maximum absolute atomic E-state index is 11.3. The van der Waals surface area contributed by atoms with Crippen LogP contribution in [0.4, 0.5) is 0 Å². The fourth-order valence-electron chi connectivity index (χ4n) is 3.65. The van der Waals surface area contributed by atoms with Gasteiger partial charge in [-0.05, 0) is 12.1 Å². The summed E-state index contributed by atoms with van der Waals surface area (Å²) < 4.78 is 5.69. The molecule has 0 aliphatic rings. The number of aliphatic carboxylic acids is 1. The first kappa shape index (κ1) is 22.8. The summed E-state index contributed by atoms with van der Waals surface area (Å²) in [5, 5.41) is 9.28. The number of rotatable bonds is 16. The molecule has 1 unspecified atom stereocenters. The highest BCUT2D eigenvalue weighted by atomic mass is 16.4. The molecule has 26 heavy (non-hydrogen) atoms. The van der Waals surface area contributed by atoms with Crippen molar-refractivity contribution < 1.29 is 14.6 Å². The molecule has 1 rings (SSSR count). The van der Waals surface area contributed by atoms with Gasteiger partial charge in [-0.3, -0.25) is 4.79 Å². The number of carbonyl (C=O) groups is 1. The summed E-state index contributed by atoms with van der Waals surface area (Å²) >= 11 is 0. The Bertz CT molecular complexity index is 464. The van der Waals surface area contributed by atoms with Gasteiger partial charge < -0.3 is 9.76 Å². The van der Waals surface area contributed by atoms with E-state index >= 15 is 0 Å². The first-order valence-electron chi connectivity index (χ1n) is 10.5. The highest BCUT2D eigenvalue weighted by Gasteiger charge is 2.28. The van der Waals surface area contributed by atoms with Gasteiger partial charge in [-0.1, -0.05) is 107 Å². The van der Waals surface area contributed by atoms with E-state index in [4.69, 9.17) is 4.65 Å². The van der Waals surface area contributed by atoms with Crippen molar-refractivity contribution in [1.29, 1.82) is 0 Å². The van der Waals surface area contributed by atoms with E-state index < -0.39 is 5.97 Å². The van der Waals surface area contributed by atoms with Gasteiger partial charge in [0, 0.05) is 13.5 Å². The van der Waals surface area contributed by atoms with E-state index in [0.29, 0.717) is 0 Å². The lowest BCUT2D eigenvalue weighted by molar-refractivity contribution is -0.137. The molecule has 0 radical (unpaired) electrons. The van der Waals surface area contributed by atoms with Crippen molar-refractivity contribution in [3.8, 4) is 0 Å². The second kappa shape index (κ2) is 14.8. The maximum atomic E-state index is 11.3. The molecule has 0 aliphatic carbocycles. The number of carboxylic acids is 1. The van der Waals surface area contributed by atoms with Crippen molar-refractivity contribution >= 4 is 12.9 Å². The van der Waals surface area contributed by atoms with Gasteiger partial charge in [0.25, 0.3) is 0 Å². The molecule has 0 fully saturated rings. The zero-order chi connectivity index (χ0) is 19.0. The Morgan fingerprint density at radius 3 is 2.12 bits per heavy atom. The SMILES string of the molecule is CCCCCCCCCCCC(CC(=O)O)B(Cc1ccccc1)OC. The van der Waals surface area contributed by atoms with Crippen LogP contribution in [0, 0.1) is 0 Å². The Morgan fingerprint density at radius 2 is 1.58 bits per heavy atom. The zero-order valence-corrected chi connectivity index (χ0v) is 16.8. The third kappa shape index (κ3) is 10.6. The topological polar surface area (TPSA) is 46.5 Å². The normalized spacial score (nSPS) is 12.1. The lowest BCUT2D eigenvalue weighted by atomic mass is 9.50. The quantitative estimate of drug-likeness (QED) is 0.283. The minimum Gasteiger partial charge on any atom is -0.481 e. The number of unbranched alkanes of at least 4 members (excludes halogenated alkanes) is 8. The molecule has 0 saturated carbocycles. The second-order valence-electron chi connectivity index (χ2n) is 7.44. The lowest BCUT2D eigenvalue weighted by Crippen LogP contribution is -2.28. The summed E-state index contributed by atoms with van der Waals surface area (Å²) in [6.45, 7) is 2.22. The van der Waals surface area contributed by atoms with Gasteiger partial charge in [0.15, 0.2) is 0 Å². The first-order valence-corrected chi connectivity index (χ1v) is 10.5. The van der Waals surface area contributed by atoms with Crippen molar-refractivity contribution in [3.63, 3.8) is 0 Å². The van der Waals surface area contributed by atoms with Crippen LogP contribution in [0.3, 0.4) is 0 Å². The van der Waals surface area contributed by atoms with E-state index in [9.17, 15) is 9.90 Å². The molecule has 4 heteroatoms. The van der Waals surface area contributed by atoms with Gasteiger partial charge in [-0.2, -0.15) is 0 Å². The molecule has 0 amide bonds. The lowest BCUT2D eigenvalue weighted by Gasteiger charge is -2.21. The fraction of sp³-hybridized carbons (Fsp3) is 0.682. The van der Waals surface area contributed by atoms with Gasteiger partial charge in [0.05, 0.1) is 0 Å². The Morgan fingerprint density at radius 1 is 1.00 bits per heavy atom. The zero-order valence-electron chi connectivity index (χ0n) is 16.8. The highest BCUT2D eigenvalue weighted by Crippen LogP contribution is 2.26. The van der Waals surface area contributed by atoms with E-state index in [1.54, 1.807) is 7.11 Å². The van der Waals surface area contributed by atoms with E-state index in [1.165, 1.54) is 56.9 Å². The van der Waals surface area contributed by atoms with Gasteiger partial charge >= 0.3 is 12.9 Å². The molecule has 3 nitrogen and oxygen atoms in total. The second-order valence-corrected chi connectivity index (χ2v) is 7.44. The molecular weight excluding hydrogens is 323 g/mol. The number of benzene rings is 1. The van der Waals surface area contributed by atoms with E-state index in [-0.39, 0.29) is 19.2 Å². The molecule has 146 valence electrons. The molecule has 0 saturated heterocycles. The molecule has 0 bridgehead atoms. The Kier molecular flexibility index (Phi) is 13.0. The molecule has 1 atom stereocenters. The molecule has 0 aromatic heterocycles. The summed E-state index contributed by atoms with van der Waals surface area (Å²) in [5.74, 6) is -0.636. The van der Waals surface area contributed by atoms with E-state index in [0.717, 1.165) is 19.2 Å². The minimum atomic E-state index is -0.721. The first-order chi connectivity index (χ1) is 12.7. The van der Waals surface area contributed by atoms with Crippen LogP contribution in [-0.2, 0) is 15.8 Å². The van der Waals surface area contributed by atoms with Gasteiger partial charge in [0.1, 0.15) is 0 Å². The van der Waals surface area contributed by atoms with Gasteiger partial charge in [-0.15, -0.1) is 0 Å². The smallest absolute Gasteiger partial charge is 0.303 e. The van der Waals surface area contributed by atoms with E-state index in [2.05, 4.69) is 19.1 Å². The Hall–Kier alpha value is -1.29. The van der Waals surface area contributed by atoms with Crippen LogP contribution < -0.4 is 0 Å². The van der Waals surface area contributed by atoms with Crippen LogP contribution >= 0.6 is 0 Å². The van der Waals surface area contributed by atoms with Crippen molar-refractivity contribution in [1.82, 2.24) is 0 Å². The van der Waals surface area contributed by atoms with Crippen molar-refractivity contribution in [2.24, 2.45) is 0 Å². The summed E-state index contributed by atoms with van der Waals surface area (Å²) in [6.07, 6.45) is 13.5. The standard InChI is InChI=1S/C22H37BO3/c1-3-4-5-6-7-8-9-10-14-17-21(18-22(24)25)23(26-2)19-20-15-12-11-13-16-20/h11-13,15-16,21H,3-10,14,17-19H2,1-2H3,(H,24,25). The number of carboxylic acid groups (broad SMARTS) is 1. The summed E-state index contributed by atoms with van der Waals surface area (Å²) in [4.78, 5) is 11.3. The molecule has 1 aromatic rings. The summed E-state index contributed by atoms with van der Waals surface area (Å²) in [5.41, 5.74) is 1.21. The third-order valence-corrected chi connectivity index (χ3v) is 5.22. The average Bonchev–Trinajstić information content (AvgIpc) is 2.64. The maximum Gasteiger partial charge on any atom is 0.303 e. The minimum absolute atomic E-state index is 0.0254. The van der Waals surface area contributed by atoms with Crippen LogP contribution in [-0.4, -0.2) is 25.1 Å². The summed E-state index contributed by atoms with van der Waals surface area (Å²) in [6, 6.07) is 10.2. The van der Waals surface area contributed by atoms with Gasteiger partial charge in [0.2, 0.25) is 0 Å². The largest absolute Gasteiger partial charge is 0.481 e. The van der Waals surface area contributed by atoms with Crippen LogP contribution in [0.5, 0.6) is 0 Å². The van der Waals surface area contributed by atoms with E-state index in [1.807, 2.05) is 18.2 Å². The van der Waals surface area contributed by atoms with Crippen LogP contribution in [0.15, 0.2) is 30.3 Å². The number of hydrogen-bond donors (Lipinski definition) is 1. The van der Waals surface area contributed by atoms with Crippen molar-refractivity contribution in [3.05, 3.63) is 35.9 Å².